The van der Waals surface area contributed by atoms with Crippen LogP contribution in [0.1, 0.15) is 37.9 Å². The number of nitrogens with zero attached hydrogens (tertiary/aromatic N) is 2. The number of aromatic nitrogens is 2. The van der Waals surface area contributed by atoms with Crippen LogP contribution < -0.4 is 0 Å². The number of fused-ring (bicyclic) bond motifs is 1. The molecule has 2 aromatic rings. The summed E-state index contributed by atoms with van der Waals surface area (Å²) in [5, 5.41) is 0. The van der Waals surface area contributed by atoms with Gasteiger partial charge in [-0.1, -0.05) is 40.9 Å². The predicted molar refractivity (Wildman–Crippen MR) is 83.7 cm³/mol. The van der Waals surface area contributed by atoms with Crippen LogP contribution in [0.15, 0.2) is 24.3 Å². The van der Waals surface area contributed by atoms with Gasteiger partial charge in [0.05, 0.1) is 11.0 Å². The molecule has 0 spiro atoms. The summed E-state index contributed by atoms with van der Waals surface area (Å²) in [5.41, 5.74) is 2.38. The third-order valence-corrected chi connectivity index (χ3v) is 5.15. The molecule has 0 N–H and O–H groups in total. The van der Waals surface area contributed by atoms with Gasteiger partial charge in [-0.05, 0) is 37.3 Å². The van der Waals surface area contributed by atoms with Crippen LogP contribution in [0, 0.1) is 5.92 Å². The maximum Gasteiger partial charge on any atom is 0.109 e. The van der Waals surface area contributed by atoms with Gasteiger partial charge >= 0.3 is 0 Å². The lowest BCUT2D eigenvalue weighted by Crippen LogP contribution is -2.11. The maximum atomic E-state index is 4.81. The number of hydrogen-bond acceptors (Lipinski definition) is 1. The van der Waals surface area contributed by atoms with Crippen molar-refractivity contribution < 1.29 is 0 Å². The molecule has 2 nitrogen and oxygen atoms in total. The minimum absolute atomic E-state index is 0.703. The highest BCUT2D eigenvalue weighted by atomic mass is 79.9. The van der Waals surface area contributed by atoms with Crippen LogP contribution in [0.2, 0.25) is 0 Å². The molecule has 0 radical (unpaired) electrons. The van der Waals surface area contributed by atoms with E-state index in [2.05, 4.69) is 51.8 Å². The van der Waals surface area contributed by atoms with Crippen LogP contribution in [0.5, 0.6) is 0 Å². The zero-order valence-electron chi connectivity index (χ0n) is 11.5. The Morgan fingerprint density at radius 2 is 2.05 bits per heavy atom. The largest absolute Gasteiger partial charge is 0.331 e. The molecule has 1 fully saturated rings. The second kappa shape index (κ2) is 5.66. The Balaban J connectivity index is 1.82. The lowest BCUT2D eigenvalue weighted by Gasteiger charge is -2.15. The van der Waals surface area contributed by atoms with Crippen molar-refractivity contribution in [2.24, 2.45) is 13.0 Å². The normalized spacial score (nSPS) is 24.5. The van der Waals surface area contributed by atoms with Gasteiger partial charge in [-0.15, -0.1) is 0 Å². The molecule has 3 rings (SSSR count). The van der Waals surface area contributed by atoms with Gasteiger partial charge in [0.25, 0.3) is 0 Å². The van der Waals surface area contributed by atoms with Crippen molar-refractivity contribution >= 4 is 27.0 Å². The van der Waals surface area contributed by atoms with E-state index >= 15 is 0 Å². The van der Waals surface area contributed by atoms with E-state index in [-0.39, 0.29) is 0 Å². The fourth-order valence-corrected chi connectivity index (χ4v) is 4.07. The fraction of sp³-hybridized carbons (Fsp3) is 0.562. The Morgan fingerprint density at radius 3 is 2.89 bits per heavy atom. The topological polar surface area (TPSA) is 17.8 Å². The molecular weight excluding hydrogens is 300 g/mol. The summed E-state index contributed by atoms with van der Waals surface area (Å²) in [6, 6.07) is 8.43. The highest BCUT2D eigenvalue weighted by molar-refractivity contribution is 9.09. The Kier molecular flexibility index (Phi) is 3.92. The summed E-state index contributed by atoms with van der Waals surface area (Å²) in [6.07, 6.45) is 7.84. The van der Waals surface area contributed by atoms with Gasteiger partial charge in [0.15, 0.2) is 0 Å². The quantitative estimate of drug-likeness (QED) is 0.590. The first-order chi connectivity index (χ1) is 9.24. The molecule has 1 aliphatic carbocycles. The molecule has 0 saturated heterocycles. The lowest BCUT2D eigenvalue weighted by atomic mass is 9.96. The zero-order chi connectivity index (χ0) is 13.2. The van der Waals surface area contributed by atoms with E-state index in [1.807, 2.05) is 0 Å². The number of rotatable bonds is 2. The number of aryl methyl sites for hydroxylation is 1. The molecule has 1 heterocycles. The zero-order valence-corrected chi connectivity index (χ0v) is 13.1. The molecule has 2 unspecified atom stereocenters. The summed E-state index contributed by atoms with van der Waals surface area (Å²) in [4.78, 5) is 5.51. The molecule has 1 saturated carbocycles. The van der Waals surface area contributed by atoms with Crippen LogP contribution in [0.3, 0.4) is 0 Å². The molecule has 19 heavy (non-hydrogen) atoms. The van der Waals surface area contributed by atoms with Crippen LogP contribution >= 0.6 is 15.9 Å². The van der Waals surface area contributed by atoms with Gasteiger partial charge in [-0.2, -0.15) is 0 Å². The first kappa shape index (κ1) is 13.2. The molecule has 0 amide bonds. The van der Waals surface area contributed by atoms with Gasteiger partial charge in [0, 0.05) is 18.3 Å². The first-order valence-electron chi connectivity index (χ1n) is 7.28. The van der Waals surface area contributed by atoms with E-state index < -0.39 is 0 Å². The first-order valence-corrected chi connectivity index (χ1v) is 8.20. The third-order valence-electron chi connectivity index (χ3n) is 4.32. The lowest BCUT2D eigenvalue weighted by molar-refractivity contribution is 0.449. The molecule has 102 valence electrons. The number of alkyl halides is 1. The Bertz CT molecular complexity index is 561. The highest BCUT2D eigenvalue weighted by Crippen LogP contribution is 2.30. The summed E-state index contributed by atoms with van der Waals surface area (Å²) < 4.78 is 2.27. The molecule has 1 aromatic heterocycles. The Morgan fingerprint density at radius 1 is 1.26 bits per heavy atom. The van der Waals surface area contributed by atoms with Crippen molar-refractivity contribution in [1.29, 1.82) is 0 Å². The molecular formula is C16H21BrN2. The van der Waals surface area contributed by atoms with E-state index in [1.54, 1.807) is 0 Å². The second-order valence-electron chi connectivity index (χ2n) is 5.76. The number of hydrogen-bond donors (Lipinski definition) is 0. The average Bonchev–Trinajstić information content (AvgIpc) is 2.58. The van der Waals surface area contributed by atoms with E-state index in [0.29, 0.717) is 4.83 Å². The fourth-order valence-electron chi connectivity index (χ4n) is 3.22. The van der Waals surface area contributed by atoms with Crippen molar-refractivity contribution in [2.75, 3.05) is 0 Å². The molecule has 2 atom stereocenters. The van der Waals surface area contributed by atoms with Crippen molar-refractivity contribution in [2.45, 2.75) is 43.4 Å². The second-order valence-corrected chi connectivity index (χ2v) is 7.06. The molecule has 3 heteroatoms. The summed E-state index contributed by atoms with van der Waals surface area (Å²) in [5.74, 6) is 2.02. The van der Waals surface area contributed by atoms with Crippen LogP contribution in [0.4, 0.5) is 0 Å². The SMILES string of the molecule is Cn1c(CC2CCCCC(Br)C2)nc2ccccc21. The van der Waals surface area contributed by atoms with Gasteiger partial charge in [0.1, 0.15) is 5.82 Å². The number of benzene rings is 1. The van der Waals surface area contributed by atoms with Crippen molar-refractivity contribution in [1.82, 2.24) is 9.55 Å². The van der Waals surface area contributed by atoms with Crippen molar-refractivity contribution in [3.8, 4) is 0 Å². The number of halogens is 1. The Hall–Kier alpha value is -0.830. The van der Waals surface area contributed by atoms with E-state index in [9.17, 15) is 0 Å². The number of para-hydroxylation sites is 2. The Labute approximate surface area is 123 Å². The summed E-state index contributed by atoms with van der Waals surface area (Å²) >= 11 is 3.82. The van der Waals surface area contributed by atoms with Crippen LogP contribution in [0.25, 0.3) is 11.0 Å². The third kappa shape index (κ3) is 2.86. The molecule has 1 aliphatic rings. The highest BCUT2D eigenvalue weighted by Gasteiger charge is 2.20. The van der Waals surface area contributed by atoms with Gasteiger partial charge in [0.2, 0.25) is 0 Å². The van der Waals surface area contributed by atoms with Crippen LogP contribution in [-0.2, 0) is 13.5 Å². The molecule has 0 aliphatic heterocycles. The minimum Gasteiger partial charge on any atom is -0.331 e. The van der Waals surface area contributed by atoms with E-state index in [4.69, 9.17) is 4.98 Å². The van der Waals surface area contributed by atoms with Gasteiger partial charge in [-0.3, -0.25) is 0 Å². The standard InChI is InChI=1S/C16H21BrN2/c1-19-15-9-5-4-8-14(15)18-16(19)11-12-6-2-3-7-13(17)10-12/h4-5,8-9,12-13H,2-3,6-7,10-11H2,1H3. The predicted octanol–water partition coefficient (Wildman–Crippen LogP) is 4.46. The average molecular weight is 321 g/mol. The van der Waals surface area contributed by atoms with E-state index in [0.717, 1.165) is 17.9 Å². The van der Waals surface area contributed by atoms with E-state index in [1.165, 1.54) is 43.4 Å². The van der Waals surface area contributed by atoms with Gasteiger partial charge in [-0.25, -0.2) is 4.98 Å². The maximum absolute atomic E-state index is 4.81. The smallest absolute Gasteiger partial charge is 0.109 e. The monoisotopic (exact) mass is 320 g/mol. The van der Waals surface area contributed by atoms with Crippen molar-refractivity contribution in [3.63, 3.8) is 0 Å². The van der Waals surface area contributed by atoms with Crippen LogP contribution in [-0.4, -0.2) is 14.4 Å². The minimum atomic E-state index is 0.703. The number of imidazole rings is 1. The van der Waals surface area contributed by atoms with Gasteiger partial charge < -0.3 is 4.57 Å². The molecule has 1 aromatic carbocycles. The summed E-state index contributed by atoms with van der Waals surface area (Å²) in [7, 11) is 2.15. The van der Waals surface area contributed by atoms with Crippen molar-refractivity contribution in [3.05, 3.63) is 30.1 Å². The summed E-state index contributed by atoms with van der Waals surface area (Å²) in [6.45, 7) is 0. The molecule has 0 bridgehead atoms.